The van der Waals surface area contributed by atoms with Gasteiger partial charge in [-0.1, -0.05) is 6.07 Å². The molecule has 4 nitrogen and oxygen atoms in total. The van der Waals surface area contributed by atoms with E-state index in [1.807, 2.05) is 0 Å². The average Bonchev–Trinajstić information content (AvgIpc) is 2.38. The molecule has 1 heterocycles. The highest BCUT2D eigenvalue weighted by atomic mass is 32.2. The number of hydrogen-bond donors (Lipinski definition) is 2. The van der Waals surface area contributed by atoms with Gasteiger partial charge in [-0.2, -0.15) is 11.8 Å². The molecule has 1 aromatic carbocycles. The SMILES string of the molecule is NCc1ccc(S(=O)(=O)NC2CCCSC2)c(F)c1. The standard InChI is InChI=1S/C12H17FN2O2S2/c13-11-6-9(7-14)3-4-12(11)19(16,17)15-10-2-1-5-18-8-10/h3-4,6,10,15H,1-2,5,7-8,14H2. The normalized spacial score (nSPS) is 20.4. The maximum Gasteiger partial charge on any atom is 0.243 e. The Labute approximate surface area is 117 Å². The van der Waals surface area contributed by atoms with E-state index in [9.17, 15) is 12.8 Å². The Morgan fingerprint density at radius 2 is 2.26 bits per heavy atom. The van der Waals surface area contributed by atoms with Gasteiger partial charge in [0.1, 0.15) is 10.7 Å². The van der Waals surface area contributed by atoms with Crippen LogP contribution in [0.3, 0.4) is 0 Å². The molecule has 0 spiro atoms. The smallest absolute Gasteiger partial charge is 0.243 e. The van der Waals surface area contributed by atoms with E-state index < -0.39 is 15.8 Å². The van der Waals surface area contributed by atoms with Crippen LogP contribution in [0.4, 0.5) is 4.39 Å². The molecular formula is C12H17FN2O2S2. The quantitative estimate of drug-likeness (QED) is 0.883. The molecule has 1 aliphatic rings. The molecule has 1 atom stereocenters. The molecule has 1 aliphatic heterocycles. The van der Waals surface area contributed by atoms with Crippen LogP contribution in [0.1, 0.15) is 18.4 Å². The number of nitrogens with two attached hydrogens (primary N) is 1. The zero-order valence-corrected chi connectivity index (χ0v) is 12.1. The number of hydrogen-bond acceptors (Lipinski definition) is 4. The van der Waals surface area contributed by atoms with Gasteiger partial charge in [-0.3, -0.25) is 0 Å². The van der Waals surface area contributed by atoms with Crippen molar-refractivity contribution in [1.82, 2.24) is 4.72 Å². The summed E-state index contributed by atoms with van der Waals surface area (Å²) in [4.78, 5) is -0.305. The molecule has 0 bridgehead atoms. The fraction of sp³-hybridized carbons (Fsp3) is 0.500. The van der Waals surface area contributed by atoms with Gasteiger partial charge in [0.15, 0.2) is 0 Å². The van der Waals surface area contributed by atoms with E-state index in [2.05, 4.69) is 4.72 Å². The highest BCUT2D eigenvalue weighted by molar-refractivity contribution is 7.99. The van der Waals surface area contributed by atoms with Gasteiger partial charge in [0.2, 0.25) is 10.0 Å². The van der Waals surface area contributed by atoms with Crippen LogP contribution in [0.2, 0.25) is 0 Å². The van der Waals surface area contributed by atoms with Crippen LogP contribution >= 0.6 is 11.8 Å². The first-order valence-electron chi connectivity index (χ1n) is 6.11. The number of halogens is 1. The molecule has 0 aliphatic carbocycles. The van der Waals surface area contributed by atoms with Crippen LogP contribution in [0.5, 0.6) is 0 Å². The lowest BCUT2D eigenvalue weighted by Gasteiger charge is -2.22. The van der Waals surface area contributed by atoms with Crippen molar-refractivity contribution >= 4 is 21.8 Å². The third-order valence-electron chi connectivity index (χ3n) is 3.00. The average molecular weight is 304 g/mol. The van der Waals surface area contributed by atoms with Crippen molar-refractivity contribution < 1.29 is 12.8 Å². The third kappa shape index (κ3) is 3.68. The summed E-state index contributed by atoms with van der Waals surface area (Å²) in [5.41, 5.74) is 5.97. The Bertz CT molecular complexity index is 543. The third-order valence-corrected chi connectivity index (χ3v) is 5.77. The fourth-order valence-corrected chi connectivity index (χ4v) is 4.51. The van der Waals surface area contributed by atoms with Crippen LogP contribution in [-0.4, -0.2) is 26.0 Å². The van der Waals surface area contributed by atoms with Crippen molar-refractivity contribution in [3.05, 3.63) is 29.6 Å². The molecule has 0 amide bonds. The fourth-order valence-electron chi connectivity index (χ4n) is 2.01. The topological polar surface area (TPSA) is 72.2 Å². The first kappa shape index (κ1) is 14.8. The molecule has 0 saturated carbocycles. The zero-order chi connectivity index (χ0) is 13.9. The summed E-state index contributed by atoms with van der Waals surface area (Å²) < 4.78 is 40.6. The summed E-state index contributed by atoms with van der Waals surface area (Å²) in [5, 5.41) is 0. The van der Waals surface area contributed by atoms with Gasteiger partial charge in [-0.25, -0.2) is 17.5 Å². The minimum atomic E-state index is -3.79. The molecule has 0 radical (unpaired) electrons. The molecule has 106 valence electrons. The maximum absolute atomic E-state index is 13.8. The molecule has 1 unspecified atom stereocenters. The van der Waals surface area contributed by atoms with Gasteiger partial charge in [0, 0.05) is 18.3 Å². The molecule has 1 saturated heterocycles. The predicted molar refractivity (Wildman–Crippen MR) is 75.0 cm³/mol. The van der Waals surface area contributed by atoms with Crippen LogP contribution in [0.25, 0.3) is 0 Å². The Morgan fingerprint density at radius 3 is 2.84 bits per heavy atom. The lowest BCUT2D eigenvalue weighted by atomic mass is 10.2. The Kier molecular flexibility index (Phi) is 4.83. The van der Waals surface area contributed by atoms with E-state index in [0.29, 0.717) is 5.56 Å². The molecule has 1 fully saturated rings. The summed E-state index contributed by atoms with van der Waals surface area (Å²) in [5.74, 6) is 1.04. The Hall–Kier alpha value is -0.630. The largest absolute Gasteiger partial charge is 0.326 e. The number of rotatable bonds is 4. The van der Waals surface area contributed by atoms with Gasteiger partial charge in [-0.15, -0.1) is 0 Å². The first-order valence-corrected chi connectivity index (χ1v) is 8.75. The van der Waals surface area contributed by atoms with Crippen molar-refractivity contribution in [2.45, 2.75) is 30.3 Å². The predicted octanol–water partition coefficient (Wildman–Crippen LogP) is 1.46. The molecule has 0 aromatic heterocycles. The Balaban J connectivity index is 2.18. The van der Waals surface area contributed by atoms with Gasteiger partial charge in [-0.05, 0) is 36.3 Å². The van der Waals surface area contributed by atoms with Gasteiger partial charge in [0.05, 0.1) is 0 Å². The van der Waals surface area contributed by atoms with Gasteiger partial charge in [0.25, 0.3) is 0 Å². The minimum absolute atomic E-state index is 0.114. The van der Waals surface area contributed by atoms with Crippen LogP contribution in [-0.2, 0) is 16.6 Å². The summed E-state index contributed by atoms with van der Waals surface area (Å²) >= 11 is 1.71. The first-order chi connectivity index (χ1) is 9.03. The van der Waals surface area contributed by atoms with Crippen LogP contribution in [0.15, 0.2) is 23.1 Å². The summed E-state index contributed by atoms with van der Waals surface area (Å²) in [6, 6.07) is 3.87. The van der Waals surface area contributed by atoms with Crippen molar-refractivity contribution in [2.24, 2.45) is 5.73 Å². The van der Waals surface area contributed by atoms with Crippen LogP contribution in [0, 0.1) is 5.82 Å². The highest BCUT2D eigenvalue weighted by Crippen LogP contribution is 2.21. The molecule has 2 rings (SSSR count). The van der Waals surface area contributed by atoms with Crippen LogP contribution < -0.4 is 10.5 Å². The van der Waals surface area contributed by atoms with Crippen molar-refractivity contribution in [3.63, 3.8) is 0 Å². The second-order valence-corrected chi connectivity index (χ2v) is 7.34. The molecule has 1 aromatic rings. The lowest BCUT2D eigenvalue weighted by Crippen LogP contribution is -2.38. The number of benzene rings is 1. The second-order valence-electron chi connectivity index (χ2n) is 4.50. The monoisotopic (exact) mass is 304 g/mol. The van der Waals surface area contributed by atoms with Gasteiger partial charge < -0.3 is 5.73 Å². The minimum Gasteiger partial charge on any atom is -0.326 e. The molecular weight excluding hydrogens is 287 g/mol. The van der Waals surface area contributed by atoms with E-state index in [1.54, 1.807) is 11.8 Å². The molecule has 3 N–H and O–H groups in total. The van der Waals surface area contributed by atoms with E-state index >= 15 is 0 Å². The maximum atomic E-state index is 13.8. The molecule has 19 heavy (non-hydrogen) atoms. The van der Waals surface area contributed by atoms with E-state index in [4.69, 9.17) is 5.73 Å². The second kappa shape index (κ2) is 6.21. The van der Waals surface area contributed by atoms with Crippen molar-refractivity contribution in [2.75, 3.05) is 11.5 Å². The number of sulfonamides is 1. The van der Waals surface area contributed by atoms with Crippen molar-refractivity contribution in [3.8, 4) is 0 Å². The zero-order valence-electron chi connectivity index (χ0n) is 10.4. The number of nitrogens with one attached hydrogen (secondary N) is 1. The van der Waals surface area contributed by atoms with E-state index in [1.165, 1.54) is 18.2 Å². The number of thioether (sulfide) groups is 1. The van der Waals surface area contributed by atoms with E-state index in [0.717, 1.165) is 24.3 Å². The van der Waals surface area contributed by atoms with Gasteiger partial charge >= 0.3 is 0 Å². The summed E-state index contributed by atoms with van der Waals surface area (Å²) in [6.45, 7) is 0.184. The summed E-state index contributed by atoms with van der Waals surface area (Å²) in [6.07, 6.45) is 1.78. The summed E-state index contributed by atoms with van der Waals surface area (Å²) in [7, 11) is -3.79. The molecule has 7 heteroatoms. The highest BCUT2D eigenvalue weighted by Gasteiger charge is 2.24. The van der Waals surface area contributed by atoms with Crippen molar-refractivity contribution in [1.29, 1.82) is 0 Å². The lowest BCUT2D eigenvalue weighted by molar-refractivity contribution is 0.530. The Morgan fingerprint density at radius 1 is 1.47 bits per heavy atom. The van der Waals surface area contributed by atoms with E-state index in [-0.39, 0.29) is 17.5 Å².